The quantitative estimate of drug-likeness (QED) is 0.589. The average molecular weight is 338 g/mol. The van der Waals surface area contributed by atoms with Crippen molar-refractivity contribution in [1.82, 2.24) is 4.98 Å². The average Bonchev–Trinajstić information content (AvgIpc) is 2.34. The molecule has 0 aliphatic rings. The summed E-state index contributed by atoms with van der Waals surface area (Å²) < 4.78 is 53.1. The Morgan fingerprint density at radius 2 is 1.50 bits per heavy atom. The lowest BCUT2D eigenvalue weighted by Gasteiger charge is -2.07. The van der Waals surface area contributed by atoms with Gasteiger partial charge in [0.25, 0.3) is 11.9 Å². The van der Waals surface area contributed by atoms with Gasteiger partial charge in [0, 0.05) is 9.37 Å². The molecule has 0 unspecified atom stereocenters. The summed E-state index contributed by atoms with van der Waals surface area (Å²) in [5, 5.41) is 0. The largest absolute Gasteiger partial charge is 0.252 e. The van der Waals surface area contributed by atoms with Crippen molar-refractivity contribution >= 4 is 27.7 Å². The lowest BCUT2D eigenvalue weighted by molar-refractivity contribution is 0.383. The molecule has 94 valence electrons. The Hall–Kier alpha value is -1.08. The first-order chi connectivity index (χ1) is 8.50. The molecule has 1 aromatic carbocycles. The van der Waals surface area contributed by atoms with Gasteiger partial charge in [-0.15, -0.1) is 0 Å². The summed E-state index contributed by atoms with van der Waals surface area (Å²) in [4.78, 5) is 2.16. The van der Waals surface area contributed by atoms with Gasteiger partial charge in [-0.2, -0.15) is 13.8 Å². The molecule has 0 aliphatic carbocycles. The van der Waals surface area contributed by atoms with Gasteiger partial charge in [0.1, 0.15) is 0 Å². The highest BCUT2D eigenvalue weighted by atomic mass is 79.9. The van der Waals surface area contributed by atoms with Gasteiger partial charge in [-0.05, 0) is 28.1 Å². The van der Waals surface area contributed by atoms with Crippen LogP contribution in [0.4, 0.5) is 17.6 Å². The lowest BCUT2D eigenvalue weighted by atomic mass is 10.4. The molecule has 2 aromatic rings. The Bertz CT molecular complexity index is 580. The molecule has 0 saturated heterocycles. The molecule has 0 N–H and O–H groups in total. The maximum absolute atomic E-state index is 13.4. The minimum absolute atomic E-state index is 0.431. The van der Waals surface area contributed by atoms with E-state index in [1.165, 1.54) is 0 Å². The standard InChI is InChI=1S/C11H4BrF4NS/c12-5-3-1-2-4-6(5)18-9-7(13)10(15)17-11(16)8(9)14/h1-4H. The Kier molecular flexibility index (Phi) is 3.91. The summed E-state index contributed by atoms with van der Waals surface area (Å²) in [5.41, 5.74) is 0. The summed E-state index contributed by atoms with van der Waals surface area (Å²) in [6.07, 6.45) is 0. The predicted octanol–water partition coefficient (Wildman–Crippen LogP) is 4.55. The van der Waals surface area contributed by atoms with E-state index in [9.17, 15) is 17.6 Å². The maximum Gasteiger partial charge on any atom is 0.252 e. The highest BCUT2D eigenvalue weighted by Crippen LogP contribution is 2.36. The lowest BCUT2D eigenvalue weighted by Crippen LogP contribution is -2.01. The summed E-state index contributed by atoms with van der Waals surface area (Å²) in [5.74, 6) is -6.34. The summed E-state index contributed by atoms with van der Waals surface area (Å²) in [6.45, 7) is 0. The van der Waals surface area contributed by atoms with Crippen LogP contribution in [-0.4, -0.2) is 4.98 Å². The van der Waals surface area contributed by atoms with E-state index in [1.807, 2.05) is 0 Å². The van der Waals surface area contributed by atoms with E-state index < -0.39 is 28.4 Å². The van der Waals surface area contributed by atoms with Crippen LogP contribution >= 0.6 is 27.7 Å². The highest BCUT2D eigenvalue weighted by Gasteiger charge is 2.22. The van der Waals surface area contributed by atoms with Crippen LogP contribution in [0.5, 0.6) is 0 Å². The Morgan fingerprint density at radius 3 is 2.06 bits per heavy atom. The molecule has 0 aliphatic heterocycles. The molecule has 0 saturated carbocycles. The fourth-order valence-corrected chi connectivity index (χ4v) is 2.60. The Balaban J connectivity index is 2.50. The van der Waals surface area contributed by atoms with Crippen LogP contribution in [-0.2, 0) is 0 Å². The molecule has 7 heteroatoms. The van der Waals surface area contributed by atoms with Gasteiger partial charge >= 0.3 is 0 Å². The minimum Gasteiger partial charge on any atom is -0.201 e. The van der Waals surface area contributed by atoms with Gasteiger partial charge in [0.2, 0.25) is 0 Å². The molecule has 0 bridgehead atoms. The monoisotopic (exact) mass is 337 g/mol. The first kappa shape index (κ1) is 13.4. The van der Waals surface area contributed by atoms with Gasteiger partial charge in [-0.25, -0.2) is 8.78 Å². The Morgan fingerprint density at radius 1 is 0.944 bits per heavy atom. The molecular formula is C11H4BrF4NS. The number of hydrogen-bond donors (Lipinski definition) is 0. The van der Waals surface area contributed by atoms with Crippen molar-refractivity contribution in [3.63, 3.8) is 0 Å². The summed E-state index contributed by atoms with van der Waals surface area (Å²) in [7, 11) is 0. The summed E-state index contributed by atoms with van der Waals surface area (Å²) in [6, 6.07) is 6.54. The molecule has 2 rings (SSSR count). The Labute approximate surface area is 112 Å². The van der Waals surface area contributed by atoms with Gasteiger partial charge in [0.15, 0.2) is 11.6 Å². The molecule has 1 nitrogen and oxygen atoms in total. The van der Waals surface area contributed by atoms with E-state index in [0.717, 1.165) is 0 Å². The van der Waals surface area contributed by atoms with Crippen LogP contribution in [0.2, 0.25) is 0 Å². The zero-order chi connectivity index (χ0) is 13.3. The third kappa shape index (κ3) is 2.51. The number of hydrogen-bond acceptors (Lipinski definition) is 2. The second kappa shape index (κ2) is 5.27. The van der Waals surface area contributed by atoms with Crippen molar-refractivity contribution in [1.29, 1.82) is 0 Å². The zero-order valence-electron chi connectivity index (χ0n) is 8.55. The molecular weight excluding hydrogens is 334 g/mol. The number of halogens is 5. The van der Waals surface area contributed by atoms with Crippen LogP contribution in [0, 0.1) is 23.5 Å². The fourth-order valence-electron chi connectivity index (χ4n) is 1.20. The fraction of sp³-hybridized carbons (Fsp3) is 0. The molecule has 0 atom stereocenters. The van der Waals surface area contributed by atoms with Crippen LogP contribution in [0.15, 0.2) is 38.5 Å². The van der Waals surface area contributed by atoms with Crippen molar-refractivity contribution < 1.29 is 17.6 Å². The van der Waals surface area contributed by atoms with Crippen LogP contribution in [0.3, 0.4) is 0 Å². The van der Waals surface area contributed by atoms with E-state index in [4.69, 9.17) is 0 Å². The third-order valence-corrected chi connectivity index (χ3v) is 4.10. The SMILES string of the molecule is Fc1nc(F)c(F)c(Sc2ccccc2Br)c1F. The topological polar surface area (TPSA) is 12.9 Å². The number of nitrogens with zero attached hydrogens (tertiary/aromatic N) is 1. The number of pyridine rings is 1. The van der Waals surface area contributed by atoms with Crippen molar-refractivity contribution in [3.8, 4) is 0 Å². The first-order valence-electron chi connectivity index (χ1n) is 4.63. The number of benzene rings is 1. The number of aromatic nitrogens is 1. The number of rotatable bonds is 2. The van der Waals surface area contributed by atoms with Gasteiger partial charge in [-0.1, -0.05) is 23.9 Å². The van der Waals surface area contributed by atoms with Gasteiger partial charge in [-0.3, -0.25) is 0 Å². The molecule has 1 aromatic heterocycles. The van der Waals surface area contributed by atoms with E-state index in [2.05, 4.69) is 20.9 Å². The minimum atomic E-state index is -1.66. The molecule has 0 radical (unpaired) electrons. The first-order valence-corrected chi connectivity index (χ1v) is 6.24. The second-order valence-electron chi connectivity index (χ2n) is 3.18. The third-order valence-electron chi connectivity index (χ3n) is 2.01. The van der Waals surface area contributed by atoms with Crippen LogP contribution < -0.4 is 0 Å². The van der Waals surface area contributed by atoms with Crippen LogP contribution in [0.1, 0.15) is 0 Å². The van der Waals surface area contributed by atoms with Crippen molar-refractivity contribution in [2.24, 2.45) is 0 Å². The van der Waals surface area contributed by atoms with E-state index in [1.54, 1.807) is 24.3 Å². The van der Waals surface area contributed by atoms with Gasteiger partial charge < -0.3 is 0 Å². The molecule has 18 heavy (non-hydrogen) atoms. The normalized spacial score (nSPS) is 10.7. The van der Waals surface area contributed by atoms with E-state index in [0.29, 0.717) is 21.1 Å². The van der Waals surface area contributed by atoms with Crippen molar-refractivity contribution in [3.05, 3.63) is 52.3 Å². The van der Waals surface area contributed by atoms with Crippen LogP contribution in [0.25, 0.3) is 0 Å². The summed E-state index contributed by atoms with van der Waals surface area (Å²) >= 11 is 3.75. The second-order valence-corrected chi connectivity index (χ2v) is 5.09. The molecule has 0 fully saturated rings. The van der Waals surface area contributed by atoms with E-state index >= 15 is 0 Å². The molecule has 0 amide bonds. The predicted molar refractivity (Wildman–Crippen MR) is 62.3 cm³/mol. The highest BCUT2D eigenvalue weighted by molar-refractivity contribution is 9.10. The maximum atomic E-state index is 13.4. The van der Waals surface area contributed by atoms with Crippen molar-refractivity contribution in [2.75, 3.05) is 0 Å². The van der Waals surface area contributed by atoms with Crippen molar-refractivity contribution in [2.45, 2.75) is 9.79 Å². The van der Waals surface area contributed by atoms with E-state index in [-0.39, 0.29) is 0 Å². The smallest absolute Gasteiger partial charge is 0.201 e. The zero-order valence-corrected chi connectivity index (χ0v) is 11.0. The molecule has 0 spiro atoms. The molecule has 1 heterocycles. The van der Waals surface area contributed by atoms with Gasteiger partial charge in [0.05, 0.1) is 4.90 Å².